The lowest BCUT2D eigenvalue weighted by Gasteiger charge is -2.18. The van der Waals surface area contributed by atoms with Crippen LogP contribution in [0.1, 0.15) is 41.8 Å². The molecule has 0 aliphatic rings. The smallest absolute Gasteiger partial charge is 0.285 e. The maximum Gasteiger partial charge on any atom is 0.285 e. The third-order valence-corrected chi connectivity index (χ3v) is 6.19. The summed E-state index contributed by atoms with van der Waals surface area (Å²) in [6.45, 7) is 3.09. The van der Waals surface area contributed by atoms with Gasteiger partial charge >= 0.3 is 0 Å². The second kappa shape index (κ2) is 10.3. The number of pyridine rings is 1. The van der Waals surface area contributed by atoms with Crippen LogP contribution in [-0.4, -0.2) is 15.2 Å². The Morgan fingerprint density at radius 2 is 1.75 bits per heavy atom. The predicted molar refractivity (Wildman–Crippen MR) is 131 cm³/mol. The van der Waals surface area contributed by atoms with Crippen molar-refractivity contribution in [2.75, 3.05) is 5.73 Å². The zero-order valence-electron chi connectivity index (χ0n) is 20.0. The summed E-state index contributed by atoms with van der Waals surface area (Å²) in [5, 5.41) is 14.4. The molecular formula is C26H28N3O6P. The van der Waals surface area contributed by atoms with Gasteiger partial charge in [0.2, 0.25) is 0 Å². The standard InChI is InChI=1S/C26H28N3O6P/c1-26(2,30)21-6-3-5-20(14-21)13-18-8-10-19(11-9-18)15-22-16-24(35-28-22)23-7-4-12-29(25(23)27)17-34-36(31,32)33/h3-12,14,16,27,30H,13,15,17H2,1-2H3,(H2,31,32,33). The number of nitrogens with zero attached hydrogens (tertiary/aromatic N) is 2. The van der Waals surface area contributed by atoms with Crippen LogP contribution in [-0.2, 0) is 34.3 Å². The first-order valence-electron chi connectivity index (χ1n) is 11.3. The van der Waals surface area contributed by atoms with Gasteiger partial charge in [-0.1, -0.05) is 53.7 Å². The molecular weight excluding hydrogens is 481 g/mol. The third kappa shape index (κ3) is 6.66. The number of rotatable bonds is 9. The van der Waals surface area contributed by atoms with Crippen LogP contribution in [0, 0.1) is 0 Å². The van der Waals surface area contributed by atoms with Gasteiger partial charge in [-0.05, 0) is 54.7 Å². The Morgan fingerprint density at radius 3 is 2.42 bits per heavy atom. The number of anilines is 1. The van der Waals surface area contributed by atoms with E-state index in [1.807, 2.05) is 36.4 Å². The molecule has 1 atom stereocenters. The average Bonchev–Trinajstić information content (AvgIpc) is 3.27. The zero-order valence-corrected chi connectivity index (χ0v) is 20.9. The lowest BCUT2D eigenvalue weighted by Crippen LogP contribution is -2.38. The summed E-state index contributed by atoms with van der Waals surface area (Å²) in [6, 6.07) is 21.3. The Hall–Kier alpha value is -3.33. The lowest BCUT2D eigenvalue weighted by molar-refractivity contribution is -0.712. The van der Waals surface area contributed by atoms with E-state index in [1.54, 1.807) is 32.0 Å². The number of aliphatic hydroxyl groups is 1. The highest BCUT2D eigenvalue weighted by Crippen LogP contribution is 2.30. The maximum absolute atomic E-state index is 10.9. The molecule has 4 rings (SSSR count). The van der Waals surface area contributed by atoms with E-state index in [1.165, 1.54) is 10.8 Å². The summed E-state index contributed by atoms with van der Waals surface area (Å²) in [5.41, 5.74) is 10.7. The van der Waals surface area contributed by atoms with Crippen LogP contribution in [0.15, 0.2) is 77.4 Å². The monoisotopic (exact) mass is 509 g/mol. The van der Waals surface area contributed by atoms with Gasteiger partial charge in [-0.25, -0.2) is 4.57 Å². The summed E-state index contributed by atoms with van der Waals surface area (Å²) < 4.78 is 22.1. The van der Waals surface area contributed by atoms with Crippen LogP contribution in [0.3, 0.4) is 0 Å². The molecule has 0 amide bonds. The maximum atomic E-state index is 10.9. The van der Waals surface area contributed by atoms with E-state index in [9.17, 15) is 14.6 Å². The molecule has 2 aromatic carbocycles. The first-order chi connectivity index (χ1) is 17.0. The molecule has 0 spiro atoms. The molecule has 0 saturated carbocycles. The van der Waals surface area contributed by atoms with Gasteiger partial charge in [0.05, 0.1) is 17.5 Å². The minimum Gasteiger partial charge on any atom is -0.756 e. The molecule has 0 bridgehead atoms. The molecule has 4 N–H and O–H groups in total. The number of hydrogen-bond acceptors (Lipinski definition) is 7. The fourth-order valence-electron chi connectivity index (χ4n) is 3.82. The van der Waals surface area contributed by atoms with Crippen molar-refractivity contribution in [3.8, 4) is 11.3 Å². The van der Waals surface area contributed by atoms with E-state index in [0.29, 0.717) is 23.4 Å². The minimum atomic E-state index is -4.88. The number of phosphoric ester groups is 1. The molecule has 4 aromatic rings. The molecule has 10 heteroatoms. The van der Waals surface area contributed by atoms with E-state index in [0.717, 1.165) is 28.7 Å². The van der Waals surface area contributed by atoms with Crippen LogP contribution >= 0.6 is 7.82 Å². The largest absolute Gasteiger partial charge is 0.756 e. The first-order valence-corrected chi connectivity index (χ1v) is 12.8. The van der Waals surface area contributed by atoms with Gasteiger partial charge in [0.1, 0.15) is 5.56 Å². The molecule has 0 aliphatic heterocycles. The average molecular weight is 509 g/mol. The van der Waals surface area contributed by atoms with E-state index in [2.05, 4.69) is 21.8 Å². The second-order valence-corrected chi connectivity index (χ2v) is 10.3. The fraction of sp³-hybridized carbons (Fsp3) is 0.231. The number of aromatic nitrogens is 2. The molecule has 36 heavy (non-hydrogen) atoms. The summed E-state index contributed by atoms with van der Waals surface area (Å²) in [4.78, 5) is 19.7. The summed E-state index contributed by atoms with van der Waals surface area (Å²) in [5.74, 6) is 0.626. The van der Waals surface area contributed by atoms with Crippen molar-refractivity contribution in [1.82, 2.24) is 5.16 Å². The van der Waals surface area contributed by atoms with Crippen LogP contribution in [0.5, 0.6) is 0 Å². The van der Waals surface area contributed by atoms with Crippen molar-refractivity contribution in [2.45, 2.75) is 39.0 Å². The van der Waals surface area contributed by atoms with E-state index < -0.39 is 20.2 Å². The van der Waals surface area contributed by atoms with Gasteiger partial charge in [-0.3, -0.25) is 14.8 Å². The van der Waals surface area contributed by atoms with Crippen LogP contribution in [0.25, 0.3) is 11.3 Å². The topological polar surface area (TPSA) is 146 Å². The molecule has 0 radical (unpaired) electrons. The number of nitrogen functional groups attached to an aromatic ring is 1. The zero-order chi connectivity index (χ0) is 25.9. The Labute approximate surface area is 209 Å². The number of hydrogen-bond donors (Lipinski definition) is 3. The van der Waals surface area contributed by atoms with E-state index in [4.69, 9.17) is 15.2 Å². The highest BCUT2D eigenvalue weighted by atomic mass is 31.2. The van der Waals surface area contributed by atoms with Crippen LogP contribution in [0.2, 0.25) is 0 Å². The number of nitrogens with two attached hydrogens (primary N) is 1. The quantitative estimate of drug-likeness (QED) is 0.231. The lowest BCUT2D eigenvalue weighted by atomic mass is 9.94. The molecule has 0 aliphatic carbocycles. The predicted octanol–water partition coefficient (Wildman–Crippen LogP) is 3.06. The summed E-state index contributed by atoms with van der Waals surface area (Å²) >= 11 is 0. The van der Waals surface area contributed by atoms with Crippen molar-refractivity contribution in [2.24, 2.45) is 0 Å². The number of benzene rings is 2. The first kappa shape index (κ1) is 25.8. The van der Waals surface area contributed by atoms with Crippen LogP contribution < -0.4 is 15.2 Å². The van der Waals surface area contributed by atoms with E-state index in [-0.39, 0.29) is 5.82 Å². The highest BCUT2D eigenvalue weighted by Gasteiger charge is 2.19. The van der Waals surface area contributed by atoms with Gasteiger partial charge in [0, 0.05) is 12.5 Å². The Kier molecular flexibility index (Phi) is 7.40. The molecule has 1 unspecified atom stereocenters. The van der Waals surface area contributed by atoms with Crippen molar-refractivity contribution >= 4 is 13.6 Å². The molecule has 0 fully saturated rings. The summed E-state index contributed by atoms with van der Waals surface area (Å²) in [7, 11) is -4.88. The molecule has 2 aromatic heterocycles. The van der Waals surface area contributed by atoms with Gasteiger partial charge in [0.15, 0.2) is 12.5 Å². The molecule has 0 saturated heterocycles. The highest BCUT2D eigenvalue weighted by molar-refractivity contribution is 7.44. The Bertz CT molecular complexity index is 1390. The van der Waals surface area contributed by atoms with Gasteiger partial charge in [0.25, 0.3) is 13.6 Å². The van der Waals surface area contributed by atoms with Crippen molar-refractivity contribution in [3.63, 3.8) is 0 Å². The Balaban J connectivity index is 1.43. The van der Waals surface area contributed by atoms with E-state index >= 15 is 0 Å². The van der Waals surface area contributed by atoms with Crippen molar-refractivity contribution in [1.29, 1.82) is 0 Å². The molecule has 188 valence electrons. The minimum absolute atomic E-state index is 0.201. The number of phosphoric acid groups is 1. The Morgan fingerprint density at radius 1 is 1.06 bits per heavy atom. The fourth-order valence-corrected chi connectivity index (χ4v) is 4.09. The van der Waals surface area contributed by atoms with Gasteiger partial charge in [-0.15, -0.1) is 0 Å². The normalized spacial score (nSPS) is 13.5. The summed E-state index contributed by atoms with van der Waals surface area (Å²) in [6.07, 6.45) is 2.83. The van der Waals surface area contributed by atoms with Crippen molar-refractivity contribution < 1.29 is 33.1 Å². The second-order valence-electron chi connectivity index (χ2n) is 9.12. The van der Waals surface area contributed by atoms with Gasteiger partial charge in [-0.2, -0.15) is 0 Å². The van der Waals surface area contributed by atoms with Crippen LogP contribution in [0.4, 0.5) is 5.82 Å². The SMILES string of the molecule is CC(C)(O)c1cccc(Cc2ccc(Cc3cc(-c4ccc[n+](COP(=O)([O-])O)c4N)on3)cc2)c1. The molecule has 9 nitrogen and oxygen atoms in total. The third-order valence-electron chi connectivity index (χ3n) is 5.75. The molecule has 2 heterocycles. The van der Waals surface area contributed by atoms with Gasteiger partial charge < -0.3 is 19.4 Å². The van der Waals surface area contributed by atoms with Crippen molar-refractivity contribution in [3.05, 3.63) is 101 Å².